The molecule has 0 aromatic carbocycles. The van der Waals surface area contributed by atoms with Crippen molar-refractivity contribution in [1.29, 1.82) is 0 Å². The fraction of sp³-hybridized carbons (Fsp3) is 0.714. The van der Waals surface area contributed by atoms with Gasteiger partial charge in [0.25, 0.3) is 0 Å². The Hall–Kier alpha value is -1.03. The van der Waals surface area contributed by atoms with Crippen LogP contribution in [0.2, 0.25) is 5.02 Å². The van der Waals surface area contributed by atoms with Crippen LogP contribution < -0.4 is 5.32 Å². The normalized spacial score (nSPS) is 18.9. The average molecular weight is 284 g/mol. The van der Waals surface area contributed by atoms with Gasteiger partial charge in [-0.05, 0) is 26.7 Å². The lowest BCUT2D eigenvalue weighted by Gasteiger charge is -2.19. The van der Waals surface area contributed by atoms with Crippen LogP contribution in [0.4, 0.5) is 0 Å². The molecule has 1 fully saturated rings. The van der Waals surface area contributed by atoms with Gasteiger partial charge in [-0.2, -0.15) is 5.10 Å². The van der Waals surface area contributed by atoms with E-state index in [1.165, 1.54) is 25.7 Å². The van der Waals surface area contributed by atoms with Crippen LogP contribution in [0, 0.1) is 6.92 Å². The van der Waals surface area contributed by atoms with Crippen molar-refractivity contribution < 1.29 is 4.79 Å². The van der Waals surface area contributed by atoms with E-state index in [-0.39, 0.29) is 11.9 Å². The maximum Gasteiger partial charge on any atom is 0.244 e. The summed E-state index contributed by atoms with van der Waals surface area (Å²) in [4.78, 5) is 12.2. The Balaban J connectivity index is 1.94. The van der Waals surface area contributed by atoms with Crippen molar-refractivity contribution >= 4 is 17.5 Å². The Bertz CT molecular complexity index is 416. The monoisotopic (exact) mass is 283 g/mol. The average Bonchev–Trinajstić information content (AvgIpc) is 2.58. The molecule has 4 nitrogen and oxygen atoms in total. The van der Waals surface area contributed by atoms with Crippen molar-refractivity contribution in [2.45, 2.75) is 64.5 Å². The molecule has 1 heterocycles. The first-order valence-electron chi connectivity index (χ1n) is 7.09. The summed E-state index contributed by atoms with van der Waals surface area (Å²) in [5.41, 5.74) is 0.760. The van der Waals surface area contributed by atoms with Gasteiger partial charge >= 0.3 is 0 Å². The lowest BCUT2D eigenvalue weighted by atomic mass is 10.1. The number of halogens is 1. The van der Waals surface area contributed by atoms with E-state index in [9.17, 15) is 4.79 Å². The summed E-state index contributed by atoms with van der Waals surface area (Å²) < 4.78 is 1.64. The van der Waals surface area contributed by atoms with Gasteiger partial charge in [0.05, 0.1) is 10.7 Å². The highest BCUT2D eigenvalue weighted by molar-refractivity contribution is 6.31. The topological polar surface area (TPSA) is 46.9 Å². The van der Waals surface area contributed by atoms with Crippen molar-refractivity contribution in [1.82, 2.24) is 15.1 Å². The number of hydrogen-bond acceptors (Lipinski definition) is 2. The largest absolute Gasteiger partial charge is 0.352 e. The second-order valence-corrected chi connectivity index (χ2v) is 5.82. The first-order chi connectivity index (χ1) is 9.08. The summed E-state index contributed by atoms with van der Waals surface area (Å²) in [6.45, 7) is 3.70. The molecule has 5 heteroatoms. The van der Waals surface area contributed by atoms with Gasteiger partial charge in [0.15, 0.2) is 0 Å². The predicted octanol–water partition coefficient (Wildman–Crippen LogP) is 3.24. The third-order valence-electron chi connectivity index (χ3n) is 3.83. The maximum atomic E-state index is 12.2. The van der Waals surface area contributed by atoms with Gasteiger partial charge in [-0.3, -0.25) is 9.48 Å². The molecule has 19 heavy (non-hydrogen) atoms. The van der Waals surface area contributed by atoms with Crippen LogP contribution in [-0.4, -0.2) is 21.7 Å². The summed E-state index contributed by atoms with van der Waals surface area (Å²) in [5, 5.41) is 8.02. The number of amides is 1. The van der Waals surface area contributed by atoms with E-state index in [4.69, 9.17) is 11.6 Å². The zero-order valence-corrected chi connectivity index (χ0v) is 12.4. The van der Waals surface area contributed by atoms with Gasteiger partial charge in [-0.25, -0.2) is 0 Å². The Morgan fingerprint density at radius 2 is 2.05 bits per heavy atom. The van der Waals surface area contributed by atoms with Gasteiger partial charge in [0.1, 0.15) is 6.04 Å². The molecule has 2 rings (SSSR count). The summed E-state index contributed by atoms with van der Waals surface area (Å²) in [5.74, 6) is 0.0334. The minimum absolute atomic E-state index is 0.0334. The van der Waals surface area contributed by atoms with Gasteiger partial charge < -0.3 is 5.32 Å². The van der Waals surface area contributed by atoms with Crippen LogP contribution >= 0.6 is 11.6 Å². The predicted molar refractivity (Wildman–Crippen MR) is 76.3 cm³/mol. The fourth-order valence-electron chi connectivity index (χ4n) is 2.52. The van der Waals surface area contributed by atoms with Gasteiger partial charge in [-0.15, -0.1) is 0 Å². The summed E-state index contributed by atoms with van der Waals surface area (Å²) in [6.07, 6.45) is 8.91. The van der Waals surface area contributed by atoms with Crippen molar-refractivity contribution in [3.8, 4) is 0 Å². The molecule has 1 atom stereocenters. The third kappa shape index (κ3) is 3.72. The van der Waals surface area contributed by atoms with Crippen LogP contribution in [0.5, 0.6) is 0 Å². The molecule has 0 aliphatic heterocycles. The number of hydrogen-bond donors (Lipinski definition) is 1. The lowest BCUT2D eigenvalue weighted by molar-refractivity contribution is -0.124. The lowest BCUT2D eigenvalue weighted by Crippen LogP contribution is -2.38. The molecule has 1 aliphatic rings. The zero-order chi connectivity index (χ0) is 13.8. The van der Waals surface area contributed by atoms with Crippen molar-refractivity contribution in [2.24, 2.45) is 0 Å². The molecule has 1 unspecified atom stereocenters. The molecular weight excluding hydrogens is 262 g/mol. The minimum Gasteiger partial charge on any atom is -0.352 e. The fourth-order valence-corrected chi connectivity index (χ4v) is 2.66. The first-order valence-corrected chi connectivity index (χ1v) is 7.47. The van der Waals surface area contributed by atoms with Gasteiger partial charge in [0.2, 0.25) is 5.91 Å². The molecule has 0 spiro atoms. The van der Waals surface area contributed by atoms with E-state index in [1.54, 1.807) is 10.9 Å². The van der Waals surface area contributed by atoms with Crippen LogP contribution in [0.1, 0.15) is 57.2 Å². The van der Waals surface area contributed by atoms with Crippen LogP contribution in [0.25, 0.3) is 0 Å². The second-order valence-electron chi connectivity index (χ2n) is 5.42. The Labute approximate surface area is 119 Å². The summed E-state index contributed by atoms with van der Waals surface area (Å²) in [6, 6.07) is 0.0130. The summed E-state index contributed by atoms with van der Waals surface area (Å²) in [7, 11) is 0. The van der Waals surface area contributed by atoms with Gasteiger partial charge in [-0.1, -0.05) is 37.3 Å². The number of aromatic nitrogens is 2. The minimum atomic E-state index is -0.311. The molecule has 1 N–H and O–H groups in total. The SMILES string of the molecule is Cc1nn(C(C)C(=O)NC2CCCCCC2)cc1Cl. The molecule has 0 saturated heterocycles. The molecule has 1 aromatic rings. The van der Waals surface area contributed by atoms with E-state index < -0.39 is 0 Å². The number of nitrogens with zero attached hydrogens (tertiary/aromatic N) is 2. The number of nitrogens with one attached hydrogen (secondary N) is 1. The van der Waals surface area contributed by atoms with Crippen LogP contribution in [0.3, 0.4) is 0 Å². The molecule has 1 aromatic heterocycles. The highest BCUT2D eigenvalue weighted by atomic mass is 35.5. The summed E-state index contributed by atoms with van der Waals surface area (Å²) >= 11 is 5.98. The Morgan fingerprint density at radius 3 is 2.58 bits per heavy atom. The van der Waals surface area contributed by atoms with Crippen molar-refractivity contribution in [2.75, 3.05) is 0 Å². The maximum absolute atomic E-state index is 12.2. The number of carbonyl (C=O) groups excluding carboxylic acids is 1. The van der Waals surface area contributed by atoms with Crippen molar-refractivity contribution in [3.63, 3.8) is 0 Å². The first kappa shape index (κ1) is 14.4. The molecule has 1 amide bonds. The van der Waals surface area contributed by atoms with Crippen LogP contribution in [-0.2, 0) is 4.79 Å². The van der Waals surface area contributed by atoms with Gasteiger partial charge in [0, 0.05) is 12.2 Å². The smallest absolute Gasteiger partial charge is 0.244 e. The highest BCUT2D eigenvalue weighted by Crippen LogP contribution is 2.19. The van der Waals surface area contributed by atoms with E-state index >= 15 is 0 Å². The standard InChI is InChI=1S/C14H22ClN3O/c1-10-13(15)9-18(17-10)11(2)14(19)16-12-7-5-3-4-6-8-12/h9,11-12H,3-8H2,1-2H3,(H,16,19). The zero-order valence-electron chi connectivity index (χ0n) is 11.7. The third-order valence-corrected chi connectivity index (χ3v) is 4.21. The number of aryl methyl sites for hydroxylation is 1. The molecule has 0 radical (unpaired) electrons. The van der Waals surface area contributed by atoms with Crippen molar-refractivity contribution in [3.05, 3.63) is 16.9 Å². The number of carbonyl (C=O) groups is 1. The Morgan fingerprint density at radius 1 is 1.42 bits per heavy atom. The van der Waals surface area contributed by atoms with E-state index in [0.717, 1.165) is 18.5 Å². The molecule has 1 saturated carbocycles. The Kier molecular flexibility index (Phi) is 4.86. The molecule has 0 bridgehead atoms. The van der Waals surface area contributed by atoms with E-state index in [2.05, 4.69) is 10.4 Å². The quantitative estimate of drug-likeness (QED) is 0.866. The molecule has 106 valence electrons. The van der Waals surface area contributed by atoms with Crippen LogP contribution in [0.15, 0.2) is 6.20 Å². The molecule has 1 aliphatic carbocycles. The van der Waals surface area contributed by atoms with E-state index in [1.807, 2.05) is 13.8 Å². The second kappa shape index (κ2) is 6.42. The molecular formula is C14H22ClN3O. The van der Waals surface area contributed by atoms with E-state index in [0.29, 0.717) is 11.1 Å². The number of rotatable bonds is 3. The highest BCUT2D eigenvalue weighted by Gasteiger charge is 2.21.